The fraction of sp³-hybridized carbons (Fsp3) is 0.684. The SMILES string of the molecule is CC(C)NCc1cc2c(cc1Cl)N(C(C)C)C(C)(C)CC2C. The van der Waals surface area contributed by atoms with Crippen molar-refractivity contribution in [3.8, 4) is 0 Å². The first kappa shape index (κ1) is 17.6. The molecule has 1 aliphatic heterocycles. The van der Waals surface area contributed by atoms with Crippen LogP contribution in [0.4, 0.5) is 5.69 Å². The van der Waals surface area contributed by atoms with Crippen molar-refractivity contribution in [2.45, 2.75) is 85.0 Å². The lowest BCUT2D eigenvalue weighted by Gasteiger charge is -2.50. The Balaban J connectivity index is 2.46. The standard InChI is InChI=1S/C19H31ClN2/c1-12(2)21-11-15-8-16-14(5)10-19(6,7)22(13(3)4)18(16)9-17(15)20/h8-9,12-14,21H,10-11H2,1-7H3. The van der Waals surface area contributed by atoms with Gasteiger partial charge in [0.25, 0.3) is 0 Å². The van der Waals surface area contributed by atoms with E-state index in [4.69, 9.17) is 11.6 Å². The first-order valence-electron chi connectivity index (χ1n) is 8.48. The maximum Gasteiger partial charge on any atom is 0.0471 e. The minimum atomic E-state index is 0.168. The third-order valence-corrected chi connectivity index (χ3v) is 5.01. The van der Waals surface area contributed by atoms with Gasteiger partial charge in [-0.1, -0.05) is 38.4 Å². The van der Waals surface area contributed by atoms with E-state index in [0.717, 1.165) is 11.6 Å². The minimum absolute atomic E-state index is 0.168. The molecule has 1 aromatic rings. The van der Waals surface area contributed by atoms with Gasteiger partial charge in [-0.3, -0.25) is 0 Å². The van der Waals surface area contributed by atoms with Crippen LogP contribution in [0.2, 0.25) is 5.02 Å². The molecule has 1 heterocycles. The van der Waals surface area contributed by atoms with Crippen LogP contribution in [0.25, 0.3) is 0 Å². The summed E-state index contributed by atoms with van der Waals surface area (Å²) in [6.45, 7) is 16.7. The van der Waals surface area contributed by atoms with E-state index < -0.39 is 0 Å². The normalized spacial score (nSPS) is 20.6. The highest BCUT2D eigenvalue weighted by Gasteiger charge is 2.38. The van der Waals surface area contributed by atoms with E-state index in [2.05, 4.69) is 70.8 Å². The summed E-state index contributed by atoms with van der Waals surface area (Å²) >= 11 is 6.59. The average molecular weight is 323 g/mol. The van der Waals surface area contributed by atoms with E-state index in [1.807, 2.05) is 0 Å². The zero-order valence-corrected chi connectivity index (χ0v) is 15.9. The van der Waals surface area contributed by atoms with Crippen molar-refractivity contribution in [3.05, 3.63) is 28.3 Å². The van der Waals surface area contributed by atoms with Crippen molar-refractivity contribution in [3.63, 3.8) is 0 Å². The summed E-state index contributed by atoms with van der Waals surface area (Å²) < 4.78 is 0. The first-order chi connectivity index (χ1) is 10.1. The summed E-state index contributed by atoms with van der Waals surface area (Å²) in [6.07, 6.45) is 1.18. The molecule has 1 unspecified atom stereocenters. The van der Waals surface area contributed by atoms with E-state index in [9.17, 15) is 0 Å². The Labute approximate surface area is 141 Å². The maximum absolute atomic E-state index is 6.59. The zero-order valence-electron chi connectivity index (χ0n) is 15.1. The van der Waals surface area contributed by atoms with Gasteiger partial charge in [0.1, 0.15) is 0 Å². The van der Waals surface area contributed by atoms with Crippen molar-refractivity contribution >= 4 is 17.3 Å². The molecule has 3 heteroatoms. The smallest absolute Gasteiger partial charge is 0.0471 e. The largest absolute Gasteiger partial charge is 0.364 e. The van der Waals surface area contributed by atoms with Crippen molar-refractivity contribution in [2.24, 2.45) is 0 Å². The van der Waals surface area contributed by atoms with Gasteiger partial charge in [0.2, 0.25) is 0 Å². The zero-order chi connectivity index (χ0) is 16.7. The van der Waals surface area contributed by atoms with Crippen LogP contribution >= 0.6 is 11.6 Å². The fourth-order valence-corrected chi connectivity index (χ4v) is 4.17. The van der Waals surface area contributed by atoms with Crippen LogP contribution in [0.1, 0.15) is 71.9 Å². The second kappa shape index (κ2) is 6.41. The summed E-state index contributed by atoms with van der Waals surface area (Å²) in [5.41, 5.74) is 4.14. The molecule has 0 aromatic heterocycles. The van der Waals surface area contributed by atoms with Gasteiger partial charge in [0.05, 0.1) is 0 Å². The molecule has 1 atom stereocenters. The quantitative estimate of drug-likeness (QED) is 0.805. The van der Waals surface area contributed by atoms with E-state index in [0.29, 0.717) is 18.0 Å². The molecule has 0 saturated heterocycles. The van der Waals surface area contributed by atoms with Crippen LogP contribution in [0, 0.1) is 0 Å². The average Bonchev–Trinajstić information content (AvgIpc) is 2.34. The van der Waals surface area contributed by atoms with E-state index in [1.54, 1.807) is 0 Å². The highest BCUT2D eigenvalue weighted by molar-refractivity contribution is 6.31. The van der Waals surface area contributed by atoms with E-state index >= 15 is 0 Å². The third-order valence-electron chi connectivity index (χ3n) is 4.66. The lowest BCUT2D eigenvalue weighted by atomic mass is 9.79. The van der Waals surface area contributed by atoms with Crippen molar-refractivity contribution in [2.75, 3.05) is 4.90 Å². The van der Waals surface area contributed by atoms with Crippen LogP contribution < -0.4 is 10.2 Å². The number of hydrogen-bond acceptors (Lipinski definition) is 2. The summed E-state index contributed by atoms with van der Waals surface area (Å²) in [7, 11) is 0. The number of halogens is 1. The molecule has 0 spiro atoms. The number of nitrogens with zero attached hydrogens (tertiary/aromatic N) is 1. The minimum Gasteiger partial charge on any atom is -0.364 e. The van der Waals surface area contributed by atoms with Crippen LogP contribution in [0.5, 0.6) is 0 Å². The lowest BCUT2D eigenvalue weighted by Crippen LogP contribution is -2.51. The molecular weight excluding hydrogens is 292 g/mol. The number of nitrogens with one attached hydrogen (secondary N) is 1. The number of hydrogen-bond donors (Lipinski definition) is 1. The Bertz CT molecular complexity index is 534. The Morgan fingerprint density at radius 1 is 1.27 bits per heavy atom. The molecular formula is C19H31ClN2. The number of fused-ring (bicyclic) bond motifs is 1. The molecule has 2 rings (SSSR count). The lowest BCUT2D eigenvalue weighted by molar-refractivity contribution is 0.356. The highest BCUT2D eigenvalue weighted by Crippen LogP contribution is 2.46. The molecule has 0 aliphatic carbocycles. The third kappa shape index (κ3) is 3.44. The Hall–Kier alpha value is -0.730. The van der Waals surface area contributed by atoms with Crippen LogP contribution in [0.15, 0.2) is 12.1 Å². The number of benzene rings is 1. The van der Waals surface area contributed by atoms with Gasteiger partial charge in [-0.25, -0.2) is 0 Å². The van der Waals surface area contributed by atoms with Gasteiger partial charge in [-0.05, 0) is 57.2 Å². The fourth-order valence-electron chi connectivity index (χ4n) is 3.94. The van der Waals surface area contributed by atoms with E-state index in [-0.39, 0.29) is 5.54 Å². The summed E-state index contributed by atoms with van der Waals surface area (Å²) in [4.78, 5) is 2.54. The van der Waals surface area contributed by atoms with Crippen LogP contribution in [-0.4, -0.2) is 17.6 Å². The predicted molar refractivity (Wildman–Crippen MR) is 98.2 cm³/mol. The van der Waals surface area contributed by atoms with Gasteiger partial charge in [0.15, 0.2) is 0 Å². The van der Waals surface area contributed by atoms with Gasteiger partial charge < -0.3 is 10.2 Å². The second-order valence-electron chi connectivity index (χ2n) is 7.92. The highest BCUT2D eigenvalue weighted by atomic mass is 35.5. The van der Waals surface area contributed by atoms with E-state index in [1.165, 1.54) is 23.2 Å². The molecule has 22 heavy (non-hydrogen) atoms. The van der Waals surface area contributed by atoms with Crippen LogP contribution in [0.3, 0.4) is 0 Å². The van der Waals surface area contributed by atoms with Gasteiger partial charge in [-0.2, -0.15) is 0 Å². The molecule has 0 bridgehead atoms. The Morgan fingerprint density at radius 2 is 1.91 bits per heavy atom. The summed E-state index contributed by atoms with van der Waals surface area (Å²) in [5, 5.41) is 4.35. The topological polar surface area (TPSA) is 15.3 Å². The van der Waals surface area contributed by atoms with Gasteiger partial charge >= 0.3 is 0 Å². The van der Waals surface area contributed by atoms with Crippen molar-refractivity contribution < 1.29 is 0 Å². The maximum atomic E-state index is 6.59. The number of anilines is 1. The molecule has 1 N–H and O–H groups in total. The molecule has 124 valence electrons. The van der Waals surface area contributed by atoms with Crippen molar-refractivity contribution in [1.82, 2.24) is 5.32 Å². The number of rotatable bonds is 4. The Morgan fingerprint density at radius 3 is 2.45 bits per heavy atom. The Kier molecular flexibility index (Phi) is 5.13. The molecule has 0 fully saturated rings. The summed E-state index contributed by atoms with van der Waals surface area (Å²) in [6, 6.07) is 5.45. The molecule has 1 aromatic carbocycles. The molecule has 1 aliphatic rings. The molecule has 0 saturated carbocycles. The predicted octanol–water partition coefficient (Wildman–Crippen LogP) is 5.34. The molecule has 0 amide bonds. The monoisotopic (exact) mass is 322 g/mol. The van der Waals surface area contributed by atoms with Crippen molar-refractivity contribution in [1.29, 1.82) is 0 Å². The second-order valence-corrected chi connectivity index (χ2v) is 8.33. The van der Waals surface area contributed by atoms with Gasteiger partial charge in [-0.15, -0.1) is 0 Å². The first-order valence-corrected chi connectivity index (χ1v) is 8.86. The summed E-state index contributed by atoms with van der Waals surface area (Å²) in [5.74, 6) is 0.565. The molecule has 0 radical (unpaired) electrons. The van der Waals surface area contributed by atoms with Crippen LogP contribution in [-0.2, 0) is 6.54 Å². The van der Waals surface area contributed by atoms with Gasteiger partial charge in [0, 0.05) is 34.9 Å². The molecule has 2 nitrogen and oxygen atoms in total.